The first-order chi connectivity index (χ1) is 9.11. The second kappa shape index (κ2) is 6.84. The van der Waals surface area contributed by atoms with E-state index in [-0.39, 0.29) is 6.04 Å². The van der Waals surface area contributed by atoms with E-state index in [1.165, 1.54) is 22.6 Å². The minimum absolute atomic E-state index is 0.138. The second-order valence-corrected chi connectivity index (χ2v) is 6.79. The van der Waals surface area contributed by atoms with E-state index in [9.17, 15) is 0 Å². The molecule has 2 heterocycles. The lowest BCUT2D eigenvalue weighted by atomic mass is 10.1. The number of hydrogen-bond acceptors (Lipinski definition) is 4. The maximum absolute atomic E-state index is 6.25. The third kappa shape index (κ3) is 3.78. The second-order valence-electron chi connectivity index (χ2n) is 5.47. The summed E-state index contributed by atoms with van der Waals surface area (Å²) in [5.41, 5.74) is 6.25. The number of likely N-dealkylation sites (N-methyl/N-ethyl adjacent to an activating group) is 1. The number of rotatable bonds is 6. The summed E-state index contributed by atoms with van der Waals surface area (Å²) >= 11 is 1.86. The number of nitrogens with zero attached hydrogens (tertiary/aromatic N) is 1. The number of thiophene rings is 1. The van der Waals surface area contributed by atoms with Crippen molar-refractivity contribution < 1.29 is 4.74 Å². The Morgan fingerprint density at radius 1 is 1.53 bits per heavy atom. The average Bonchev–Trinajstić information content (AvgIpc) is 3.00. The largest absolute Gasteiger partial charge is 0.377 e. The molecule has 3 atom stereocenters. The van der Waals surface area contributed by atoms with Gasteiger partial charge in [-0.25, -0.2) is 0 Å². The van der Waals surface area contributed by atoms with Gasteiger partial charge in [-0.1, -0.05) is 6.92 Å². The molecule has 1 aliphatic heterocycles. The Bertz CT molecular complexity index is 385. The third-order valence-electron chi connectivity index (χ3n) is 3.81. The zero-order valence-electron chi connectivity index (χ0n) is 12.3. The smallest absolute Gasteiger partial charge is 0.0703 e. The van der Waals surface area contributed by atoms with Gasteiger partial charge in [-0.15, -0.1) is 11.3 Å². The molecule has 1 fully saturated rings. The zero-order chi connectivity index (χ0) is 13.8. The van der Waals surface area contributed by atoms with Crippen molar-refractivity contribution in [3.05, 3.63) is 21.9 Å². The van der Waals surface area contributed by atoms with Crippen LogP contribution < -0.4 is 5.73 Å². The van der Waals surface area contributed by atoms with Crippen LogP contribution in [0.1, 0.15) is 42.5 Å². The lowest BCUT2D eigenvalue weighted by Gasteiger charge is -2.34. The van der Waals surface area contributed by atoms with E-state index in [2.05, 4.69) is 37.8 Å². The van der Waals surface area contributed by atoms with Gasteiger partial charge in [0.25, 0.3) is 0 Å². The molecule has 3 nitrogen and oxygen atoms in total. The maximum atomic E-state index is 6.25. The number of nitrogens with two attached hydrogens (primary N) is 1. The summed E-state index contributed by atoms with van der Waals surface area (Å²) in [4.78, 5) is 5.22. The molecule has 0 saturated carbocycles. The molecule has 0 spiro atoms. The highest BCUT2D eigenvalue weighted by Crippen LogP contribution is 2.30. The van der Waals surface area contributed by atoms with E-state index >= 15 is 0 Å². The fourth-order valence-electron chi connectivity index (χ4n) is 2.87. The van der Waals surface area contributed by atoms with E-state index in [1.54, 1.807) is 0 Å². The minimum Gasteiger partial charge on any atom is -0.377 e. The summed E-state index contributed by atoms with van der Waals surface area (Å²) in [5.74, 6) is 0. The van der Waals surface area contributed by atoms with Crippen LogP contribution in [0.2, 0.25) is 0 Å². The van der Waals surface area contributed by atoms with Crippen LogP contribution in [0.25, 0.3) is 0 Å². The molecule has 19 heavy (non-hydrogen) atoms. The van der Waals surface area contributed by atoms with E-state index in [1.807, 2.05) is 11.3 Å². The Labute approximate surface area is 120 Å². The normalized spacial score (nSPS) is 22.9. The number of ether oxygens (including phenoxy) is 1. The molecule has 0 amide bonds. The van der Waals surface area contributed by atoms with Crippen LogP contribution >= 0.6 is 11.3 Å². The van der Waals surface area contributed by atoms with E-state index in [4.69, 9.17) is 10.5 Å². The summed E-state index contributed by atoms with van der Waals surface area (Å²) in [6.45, 7) is 9.41. The van der Waals surface area contributed by atoms with Gasteiger partial charge < -0.3 is 10.5 Å². The molecule has 4 heteroatoms. The van der Waals surface area contributed by atoms with Crippen molar-refractivity contribution in [1.29, 1.82) is 0 Å². The topological polar surface area (TPSA) is 38.5 Å². The molecular weight excluding hydrogens is 256 g/mol. The van der Waals surface area contributed by atoms with Crippen molar-refractivity contribution in [3.8, 4) is 0 Å². The van der Waals surface area contributed by atoms with Crippen molar-refractivity contribution in [2.24, 2.45) is 5.73 Å². The van der Waals surface area contributed by atoms with Crippen molar-refractivity contribution in [2.45, 2.75) is 51.8 Å². The molecular formula is C15H26N2OS. The lowest BCUT2D eigenvalue weighted by Crippen LogP contribution is -2.42. The number of aryl methyl sites for hydroxylation is 1. The van der Waals surface area contributed by atoms with Crippen LogP contribution in [0, 0.1) is 6.92 Å². The molecule has 0 radical (unpaired) electrons. The molecule has 1 aliphatic rings. The standard InChI is InChI=1S/C15H26N2OS/c1-4-17(10-13-6-5-9-18-13)15(12(3)16)14-8-7-11(2)19-14/h7-8,12-13,15H,4-6,9-10,16H2,1-3H3. The molecule has 1 aromatic rings. The monoisotopic (exact) mass is 282 g/mol. The maximum Gasteiger partial charge on any atom is 0.0703 e. The van der Waals surface area contributed by atoms with Crippen molar-refractivity contribution in [2.75, 3.05) is 19.7 Å². The Morgan fingerprint density at radius 2 is 2.32 bits per heavy atom. The van der Waals surface area contributed by atoms with Crippen LogP contribution in [-0.4, -0.2) is 36.7 Å². The van der Waals surface area contributed by atoms with Gasteiger partial charge in [0.15, 0.2) is 0 Å². The summed E-state index contributed by atoms with van der Waals surface area (Å²) in [7, 11) is 0. The molecule has 1 saturated heterocycles. The summed E-state index contributed by atoms with van der Waals surface area (Å²) in [6, 6.07) is 4.87. The third-order valence-corrected chi connectivity index (χ3v) is 4.88. The van der Waals surface area contributed by atoms with Crippen LogP contribution in [0.5, 0.6) is 0 Å². The van der Waals surface area contributed by atoms with Crippen LogP contribution in [0.4, 0.5) is 0 Å². The van der Waals surface area contributed by atoms with Crippen LogP contribution in [0.15, 0.2) is 12.1 Å². The first kappa shape index (κ1) is 15.0. The minimum atomic E-state index is 0.138. The molecule has 3 unspecified atom stereocenters. The van der Waals surface area contributed by atoms with Gasteiger partial charge >= 0.3 is 0 Å². The quantitative estimate of drug-likeness (QED) is 0.872. The van der Waals surface area contributed by atoms with Gasteiger partial charge in [-0.05, 0) is 45.4 Å². The Kier molecular flexibility index (Phi) is 5.39. The summed E-state index contributed by atoms with van der Waals surface area (Å²) in [6.07, 6.45) is 2.77. The molecule has 0 aromatic carbocycles. The van der Waals surface area contributed by atoms with Gasteiger partial charge in [0.1, 0.15) is 0 Å². The highest BCUT2D eigenvalue weighted by atomic mass is 32.1. The molecule has 2 rings (SSSR count). The SMILES string of the molecule is CCN(CC1CCCO1)C(c1ccc(C)s1)C(C)N. The van der Waals surface area contributed by atoms with E-state index < -0.39 is 0 Å². The first-order valence-electron chi connectivity index (χ1n) is 7.29. The Morgan fingerprint density at radius 3 is 2.79 bits per heavy atom. The fourth-order valence-corrected chi connectivity index (χ4v) is 4.00. The lowest BCUT2D eigenvalue weighted by molar-refractivity contribution is 0.0553. The molecule has 108 valence electrons. The molecule has 2 N–H and O–H groups in total. The van der Waals surface area contributed by atoms with Gasteiger partial charge in [0.05, 0.1) is 12.1 Å². The molecule has 0 bridgehead atoms. The zero-order valence-corrected chi connectivity index (χ0v) is 13.1. The highest BCUT2D eigenvalue weighted by molar-refractivity contribution is 7.12. The van der Waals surface area contributed by atoms with E-state index in [0.717, 1.165) is 19.7 Å². The van der Waals surface area contributed by atoms with Crippen molar-refractivity contribution in [1.82, 2.24) is 4.90 Å². The van der Waals surface area contributed by atoms with Crippen LogP contribution in [0.3, 0.4) is 0 Å². The predicted octanol–water partition coefficient (Wildman–Crippen LogP) is 2.95. The molecule has 0 aliphatic carbocycles. The van der Waals surface area contributed by atoms with Gasteiger partial charge in [-0.3, -0.25) is 4.90 Å². The Hall–Kier alpha value is -0.420. The fraction of sp³-hybridized carbons (Fsp3) is 0.733. The summed E-state index contributed by atoms with van der Waals surface area (Å²) < 4.78 is 5.78. The van der Waals surface area contributed by atoms with Crippen LogP contribution in [-0.2, 0) is 4.74 Å². The van der Waals surface area contributed by atoms with Gasteiger partial charge in [-0.2, -0.15) is 0 Å². The summed E-state index contributed by atoms with van der Waals surface area (Å²) in [5, 5.41) is 0. The molecule has 1 aromatic heterocycles. The van der Waals surface area contributed by atoms with E-state index in [0.29, 0.717) is 12.1 Å². The average molecular weight is 282 g/mol. The highest BCUT2D eigenvalue weighted by Gasteiger charge is 2.28. The van der Waals surface area contributed by atoms with Crippen molar-refractivity contribution in [3.63, 3.8) is 0 Å². The van der Waals surface area contributed by atoms with Gasteiger partial charge in [0, 0.05) is 28.9 Å². The number of hydrogen-bond donors (Lipinski definition) is 1. The van der Waals surface area contributed by atoms with Crippen molar-refractivity contribution >= 4 is 11.3 Å². The predicted molar refractivity (Wildman–Crippen MR) is 81.7 cm³/mol. The van der Waals surface area contributed by atoms with Gasteiger partial charge in [0.2, 0.25) is 0 Å². The Balaban J connectivity index is 2.10. The first-order valence-corrected chi connectivity index (χ1v) is 8.11.